The van der Waals surface area contributed by atoms with E-state index in [1.165, 1.54) is 0 Å². The number of unbranched alkanes of at least 4 members (excludes halogenated alkanes) is 1. The van der Waals surface area contributed by atoms with Crippen LogP contribution in [-0.2, 0) is 0 Å². The van der Waals surface area contributed by atoms with Crippen LogP contribution < -0.4 is 10.2 Å². The molecule has 0 saturated carbocycles. The van der Waals surface area contributed by atoms with Crippen LogP contribution in [0.15, 0.2) is 29.4 Å². The first-order valence-electron chi connectivity index (χ1n) is 5.24. The fraction of sp³-hybridized carbons (Fsp3) is 0.333. The number of amides is 1. The highest BCUT2D eigenvalue weighted by Gasteiger charge is 2.03. The Labute approximate surface area is 95.3 Å². The molecule has 0 unspecified atom stereocenters. The van der Waals surface area contributed by atoms with E-state index < -0.39 is 0 Å². The molecular formula is C12H16N2O2. The molecule has 4 heteroatoms. The summed E-state index contributed by atoms with van der Waals surface area (Å²) >= 11 is 0. The average Bonchev–Trinajstić information content (AvgIpc) is 2.34. The molecule has 0 aliphatic heterocycles. The van der Waals surface area contributed by atoms with Crippen LogP contribution in [-0.4, -0.2) is 19.2 Å². The van der Waals surface area contributed by atoms with Crippen molar-refractivity contribution in [2.75, 3.05) is 7.11 Å². The Morgan fingerprint density at radius 3 is 2.69 bits per heavy atom. The second-order valence-corrected chi connectivity index (χ2v) is 3.27. The van der Waals surface area contributed by atoms with E-state index in [2.05, 4.69) is 17.5 Å². The summed E-state index contributed by atoms with van der Waals surface area (Å²) < 4.78 is 5.00. The topological polar surface area (TPSA) is 50.7 Å². The zero-order chi connectivity index (χ0) is 11.8. The van der Waals surface area contributed by atoms with Gasteiger partial charge in [-0.05, 0) is 30.7 Å². The molecule has 0 aliphatic carbocycles. The number of ether oxygens (including phenoxy) is 1. The van der Waals surface area contributed by atoms with Gasteiger partial charge in [0.2, 0.25) is 0 Å². The minimum atomic E-state index is -0.213. The molecule has 0 aliphatic rings. The zero-order valence-electron chi connectivity index (χ0n) is 9.56. The average molecular weight is 220 g/mol. The van der Waals surface area contributed by atoms with Crippen LogP contribution in [0.25, 0.3) is 0 Å². The number of hydrogen-bond acceptors (Lipinski definition) is 3. The Balaban J connectivity index is 2.52. The van der Waals surface area contributed by atoms with E-state index in [-0.39, 0.29) is 5.91 Å². The molecule has 0 saturated heterocycles. The summed E-state index contributed by atoms with van der Waals surface area (Å²) in [5, 5.41) is 3.82. The number of rotatable bonds is 5. The summed E-state index contributed by atoms with van der Waals surface area (Å²) in [6, 6.07) is 6.88. The first kappa shape index (κ1) is 12.2. The van der Waals surface area contributed by atoms with E-state index >= 15 is 0 Å². The van der Waals surface area contributed by atoms with Gasteiger partial charge in [-0.3, -0.25) is 4.79 Å². The minimum absolute atomic E-state index is 0.213. The maximum Gasteiger partial charge on any atom is 0.271 e. The number of nitrogens with one attached hydrogen (secondary N) is 1. The third kappa shape index (κ3) is 3.73. The maximum absolute atomic E-state index is 11.5. The zero-order valence-corrected chi connectivity index (χ0v) is 9.56. The van der Waals surface area contributed by atoms with Gasteiger partial charge in [0.1, 0.15) is 5.75 Å². The van der Waals surface area contributed by atoms with Crippen molar-refractivity contribution in [1.29, 1.82) is 0 Å². The number of hydrogen-bond donors (Lipinski definition) is 1. The number of methoxy groups -OCH3 is 1. The van der Waals surface area contributed by atoms with Crippen molar-refractivity contribution >= 4 is 12.1 Å². The molecule has 0 bridgehead atoms. The summed E-state index contributed by atoms with van der Waals surface area (Å²) in [4.78, 5) is 11.5. The molecular weight excluding hydrogens is 204 g/mol. The van der Waals surface area contributed by atoms with E-state index in [1.54, 1.807) is 37.6 Å². The second kappa shape index (κ2) is 6.61. The standard InChI is InChI=1S/C12H16N2O2/c1-3-4-9-13-14-12(15)10-5-7-11(16-2)8-6-10/h5-9H,3-4H2,1-2H3,(H,14,15)/b13-9-. The van der Waals surface area contributed by atoms with Crippen molar-refractivity contribution in [3.63, 3.8) is 0 Å². The minimum Gasteiger partial charge on any atom is -0.497 e. The summed E-state index contributed by atoms with van der Waals surface area (Å²) in [5.41, 5.74) is 3.03. The first-order valence-corrected chi connectivity index (χ1v) is 5.24. The van der Waals surface area contributed by atoms with Crippen LogP contribution >= 0.6 is 0 Å². The van der Waals surface area contributed by atoms with Crippen LogP contribution in [0.5, 0.6) is 5.75 Å². The predicted octanol–water partition coefficient (Wildman–Crippen LogP) is 2.21. The fourth-order valence-corrected chi connectivity index (χ4v) is 1.10. The molecule has 86 valence electrons. The molecule has 1 rings (SSSR count). The van der Waals surface area contributed by atoms with Crippen LogP contribution in [0.4, 0.5) is 0 Å². The van der Waals surface area contributed by atoms with Gasteiger partial charge in [-0.2, -0.15) is 5.10 Å². The van der Waals surface area contributed by atoms with Gasteiger partial charge >= 0.3 is 0 Å². The highest BCUT2D eigenvalue weighted by molar-refractivity contribution is 5.94. The summed E-state index contributed by atoms with van der Waals surface area (Å²) in [6.45, 7) is 2.05. The number of nitrogens with zero attached hydrogens (tertiary/aromatic N) is 1. The van der Waals surface area contributed by atoms with Crippen LogP contribution in [0.2, 0.25) is 0 Å². The Morgan fingerprint density at radius 2 is 2.12 bits per heavy atom. The van der Waals surface area contributed by atoms with E-state index in [0.717, 1.165) is 18.6 Å². The lowest BCUT2D eigenvalue weighted by molar-refractivity contribution is 0.0955. The van der Waals surface area contributed by atoms with Crippen LogP contribution in [0.1, 0.15) is 30.1 Å². The van der Waals surface area contributed by atoms with Crippen molar-refractivity contribution in [2.24, 2.45) is 5.10 Å². The van der Waals surface area contributed by atoms with Crippen LogP contribution in [0, 0.1) is 0 Å². The molecule has 1 amide bonds. The van der Waals surface area contributed by atoms with Gasteiger partial charge < -0.3 is 4.74 Å². The Bertz CT molecular complexity index is 358. The van der Waals surface area contributed by atoms with E-state index in [9.17, 15) is 4.79 Å². The fourth-order valence-electron chi connectivity index (χ4n) is 1.10. The van der Waals surface area contributed by atoms with Gasteiger partial charge in [-0.15, -0.1) is 0 Å². The van der Waals surface area contributed by atoms with Crippen LogP contribution in [0.3, 0.4) is 0 Å². The Morgan fingerprint density at radius 1 is 1.44 bits per heavy atom. The molecule has 0 atom stereocenters. The Kier molecular flexibility index (Phi) is 5.05. The lowest BCUT2D eigenvalue weighted by atomic mass is 10.2. The third-order valence-electron chi connectivity index (χ3n) is 2.03. The molecule has 1 aromatic carbocycles. The van der Waals surface area contributed by atoms with Crippen molar-refractivity contribution < 1.29 is 9.53 Å². The predicted molar refractivity (Wildman–Crippen MR) is 63.9 cm³/mol. The molecule has 1 N–H and O–H groups in total. The molecule has 0 radical (unpaired) electrons. The van der Waals surface area contributed by atoms with Crippen molar-refractivity contribution in [3.8, 4) is 5.75 Å². The first-order chi connectivity index (χ1) is 7.77. The van der Waals surface area contributed by atoms with Gasteiger partial charge in [0, 0.05) is 11.8 Å². The highest BCUT2D eigenvalue weighted by Crippen LogP contribution is 2.10. The summed E-state index contributed by atoms with van der Waals surface area (Å²) in [7, 11) is 1.59. The number of benzene rings is 1. The maximum atomic E-state index is 11.5. The van der Waals surface area contributed by atoms with Crippen molar-refractivity contribution in [2.45, 2.75) is 19.8 Å². The quantitative estimate of drug-likeness (QED) is 0.611. The Hall–Kier alpha value is -1.84. The van der Waals surface area contributed by atoms with Gasteiger partial charge in [-0.25, -0.2) is 5.43 Å². The molecule has 4 nitrogen and oxygen atoms in total. The normalized spacial score (nSPS) is 10.4. The number of hydrazone groups is 1. The number of carbonyl (C=O) groups is 1. The highest BCUT2D eigenvalue weighted by atomic mass is 16.5. The molecule has 1 aromatic rings. The lowest BCUT2D eigenvalue weighted by Crippen LogP contribution is -2.17. The van der Waals surface area contributed by atoms with Crippen molar-refractivity contribution in [1.82, 2.24) is 5.43 Å². The van der Waals surface area contributed by atoms with Crippen molar-refractivity contribution in [3.05, 3.63) is 29.8 Å². The molecule has 0 aromatic heterocycles. The SMILES string of the molecule is CCC/C=N\NC(=O)c1ccc(OC)cc1. The van der Waals surface area contributed by atoms with Gasteiger partial charge in [0.25, 0.3) is 5.91 Å². The molecule has 0 heterocycles. The third-order valence-corrected chi connectivity index (χ3v) is 2.03. The second-order valence-electron chi connectivity index (χ2n) is 3.27. The van der Waals surface area contributed by atoms with Gasteiger partial charge in [-0.1, -0.05) is 13.3 Å². The lowest BCUT2D eigenvalue weighted by Gasteiger charge is -2.01. The number of carbonyl (C=O) groups excluding carboxylic acids is 1. The van der Waals surface area contributed by atoms with E-state index in [1.807, 2.05) is 0 Å². The van der Waals surface area contributed by atoms with E-state index in [4.69, 9.17) is 4.74 Å². The van der Waals surface area contributed by atoms with Gasteiger partial charge in [0.05, 0.1) is 7.11 Å². The largest absolute Gasteiger partial charge is 0.497 e. The summed E-state index contributed by atoms with van der Waals surface area (Å²) in [5.74, 6) is 0.515. The monoisotopic (exact) mass is 220 g/mol. The summed E-state index contributed by atoms with van der Waals surface area (Å²) in [6.07, 6.45) is 3.58. The van der Waals surface area contributed by atoms with E-state index in [0.29, 0.717) is 5.56 Å². The van der Waals surface area contributed by atoms with Gasteiger partial charge in [0.15, 0.2) is 0 Å². The molecule has 16 heavy (non-hydrogen) atoms. The smallest absolute Gasteiger partial charge is 0.271 e. The molecule has 0 fully saturated rings. The molecule has 0 spiro atoms.